The Morgan fingerprint density at radius 2 is 1.75 bits per heavy atom. The number of hydrogen-bond acceptors (Lipinski definition) is 1. The molecule has 0 atom stereocenters. The lowest BCUT2D eigenvalue weighted by Gasteiger charge is -2.05. The van der Waals surface area contributed by atoms with E-state index < -0.39 is 0 Å². The van der Waals surface area contributed by atoms with Crippen molar-refractivity contribution in [1.82, 2.24) is 0 Å². The van der Waals surface area contributed by atoms with Crippen molar-refractivity contribution in [3.8, 4) is 5.75 Å². The summed E-state index contributed by atoms with van der Waals surface area (Å²) in [5.41, 5.74) is 2.41. The fraction of sp³-hybridized carbons (Fsp3) is 0.474. The van der Waals surface area contributed by atoms with Gasteiger partial charge in [0.2, 0.25) is 0 Å². The van der Waals surface area contributed by atoms with Gasteiger partial charge in [-0.25, -0.2) is 0 Å². The van der Waals surface area contributed by atoms with Gasteiger partial charge in [-0.15, -0.1) is 0 Å². The van der Waals surface area contributed by atoms with E-state index in [0.29, 0.717) is 0 Å². The van der Waals surface area contributed by atoms with E-state index in [9.17, 15) is 0 Å². The number of rotatable bonds is 10. The Morgan fingerprint density at radius 3 is 2.40 bits per heavy atom. The SMILES string of the molecule is C=C(CC/C=C/CCCCCC)c1ccc(OC)cc1. The molecule has 0 aliphatic rings. The maximum absolute atomic E-state index is 5.16. The van der Waals surface area contributed by atoms with Crippen LogP contribution in [-0.2, 0) is 0 Å². The van der Waals surface area contributed by atoms with Crippen LogP contribution in [0.5, 0.6) is 5.75 Å². The van der Waals surface area contributed by atoms with Gasteiger partial charge in [-0.2, -0.15) is 0 Å². The van der Waals surface area contributed by atoms with Crippen LogP contribution >= 0.6 is 0 Å². The number of allylic oxidation sites excluding steroid dienone is 3. The van der Waals surface area contributed by atoms with Crippen LogP contribution in [-0.4, -0.2) is 7.11 Å². The Hall–Kier alpha value is -1.50. The van der Waals surface area contributed by atoms with Gasteiger partial charge in [0.1, 0.15) is 5.75 Å². The largest absolute Gasteiger partial charge is 0.497 e. The molecule has 0 radical (unpaired) electrons. The minimum absolute atomic E-state index is 0.897. The minimum atomic E-state index is 0.897. The Bertz CT molecular complexity index is 400. The summed E-state index contributed by atoms with van der Waals surface area (Å²) in [5, 5.41) is 0. The monoisotopic (exact) mass is 272 g/mol. The first-order chi connectivity index (χ1) is 9.77. The quantitative estimate of drug-likeness (QED) is 0.374. The second kappa shape index (κ2) is 10.3. The van der Waals surface area contributed by atoms with Crippen LogP contribution < -0.4 is 4.74 Å². The predicted octanol–water partition coefficient (Wildman–Crippen LogP) is 6.02. The molecule has 0 heterocycles. The van der Waals surface area contributed by atoms with Crippen molar-refractivity contribution in [3.05, 3.63) is 48.6 Å². The maximum atomic E-state index is 5.16. The van der Waals surface area contributed by atoms with E-state index in [1.54, 1.807) is 7.11 Å². The highest BCUT2D eigenvalue weighted by Crippen LogP contribution is 2.21. The molecule has 1 aromatic carbocycles. The zero-order valence-electron chi connectivity index (χ0n) is 13.0. The Labute approximate surface area is 124 Å². The molecule has 1 aromatic rings. The summed E-state index contributed by atoms with van der Waals surface area (Å²) in [4.78, 5) is 0. The Kier molecular flexibility index (Phi) is 8.53. The molecule has 0 aromatic heterocycles. The highest BCUT2D eigenvalue weighted by molar-refractivity contribution is 5.63. The molecule has 1 heteroatoms. The van der Waals surface area contributed by atoms with Crippen molar-refractivity contribution < 1.29 is 4.74 Å². The van der Waals surface area contributed by atoms with Gasteiger partial charge in [-0.1, -0.05) is 57.0 Å². The van der Waals surface area contributed by atoms with E-state index in [4.69, 9.17) is 4.74 Å². The van der Waals surface area contributed by atoms with E-state index in [-0.39, 0.29) is 0 Å². The number of hydrogen-bond donors (Lipinski definition) is 0. The molecule has 0 saturated carbocycles. The molecular formula is C19H28O. The van der Waals surface area contributed by atoms with Crippen LogP contribution in [0.25, 0.3) is 5.57 Å². The highest BCUT2D eigenvalue weighted by atomic mass is 16.5. The predicted molar refractivity (Wildman–Crippen MR) is 89.2 cm³/mol. The summed E-state index contributed by atoms with van der Waals surface area (Å²) in [6.07, 6.45) is 13.3. The third-order valence-corrected chi connectivity index (χ3v) is 3.50. The van der Waals surface area contributed by atoms with Crippen LogP contribution in [0.3, 0.4) is 0 Å². The lowest BCUT2D eigenvalue weighted by molar-refractivity contribution is 0.415. The van der Waals surface area contributed by atoms with Crippen molar-refractivity contribution in [3.63, 3.8) is 0 Å². The minimum Gasteiger partial charge on any atom is -0.497 e. The van der Waals surface area contributed by atoms with Crippen LogP contribution in [0.2, 0.25) is 0 Å². The first-order valence-corrected chi connectivity index (χ1v) is 7.75. The van der Waals surface area contributed by atoms with Gasteiger partial charge >= 0.3 is 0 Å². The number of unbranched alkanes of at least 4 members (excludes halogenated alkanes) is 4. The molecule has 0 aliphatic carbocycles. The zero-order chi connectivity index (χ0) is 14.6. The molecule has 0 bridgehead atoms. The van der Waals surface area contributed by atoms with Crippen LogP contribution in [0.4, 0.5) is 0 Å². The van der Waals surface area contributed by atoms with Crippen LogP contribution in [0.15, 0.2) is 43.0 Å². The van der Waals surface area contributed by atoms with Gasteiger partial charge in [-0.05, 0) is 49.0 Å². The molecule has 20 heavy (non-hydrogen) atoms. The molecule has 0 N–H and O–H groups in total. The van der Waals surface area contributed by atoms with Crippen molar-refractivity contribution in [1.29, 1.82) is 0 Å². The molecular weight excluding hydrogens is 244 g/mol. The molecule has 0 aliphatic heterocycles. The van der Waals surface area contributed by atoms with E-state index in [1.807, 2.05) is 12.1 Å². The summed E-state index contributed by atoms with van der Waals surface area (Å²) >= 11 is 0. The summed E-state index contributed by atoms with van der Waals surface area (Å²) in [7, 11) is 1.69. The summed E-state index contributed by atoms with van der Waals surface area (Å²) in [5.74, 6) is 0.897. The fourth-order valence-electron chi connectivity index (χ4n) is 2.15. The zero-order valence-corrected chi connectivity index (χ0v) is 13.0. The molecule has 1 rings (SSSR count). The third kappa shape index (κ3) is 6.60. The number of ether oxygens (including phenoxy) is 1. The first kappa shape index (κ1) is 16.6. The Morgan fingerprint density at radius 1 is 1.05 bits per heavy atom. The van der Waals surface area contributed by atoms with Crippen LogP contribution in [0, 0.1) is 0 Å². The van der Waals surface area contributed by atoms with Crippen molar-refractivity contribution in [2.45, 2.75) is 51.9 Å². The number of benzene rings is 1. The average Bonchev–Trinajstić information content (AvgIpc) is 2.50. The van der Waals surface area contributed by atoms with Crippen LogP contribution in [0.1, 0.15) is 57.4 Å². The third-order valence-electron chi connectivity index (χ3n) is 3.50. The molecule has 0 fully saturated rings. The van der Waals surface area contributed by atoms with E-state index in [0.717, 1.165) is 18.6 Å². The van der Waals surface area contributed by atoms with Gasteiger partial charge in [0.15, 0.2) is 0 Å². The molecule has 0 amide bonds. The summed E-state index contributed by atoms with van der Waals surface area (Å²) in [6, 6.07) is 8.14. The average molecular weight is 272 g/mol. The molecule has 110 valence electrons. The topological polar surface area (TPSA) is 9.23 Å². The maximum Gasteiger partial charge on any atom is 0.118 e. The standard InChI is InChI=1S/C19H28O/c1-4-5-6-7-8-9-10-11-12-17(2)18-13-15-19(20-3)16-14-18/h9-10,13-16H,2,4-8,11-12H2,1,3H3/b10-9+. The molecule has 1 nitrogen and oxygen atoms in total. The normalized spacial score (nSPS) is 10.9. The van der Waals surface area contributed by atoms with E-state index in [1.165, 1.54) is 43.2 Å². The molecule has 0 saturated heterocycles. The van der Waals surface area contributed by atoms with Gasteiger partial charge < -0.3 is 4.74 Å². The first-order valence-electron chi connectivity index (χ1n) is 7.75. The summed E-state index contributed by atoms with van der Waals surface area (Å²) < 4.78 is 5.16. The Balaban J connectivity index is 2.20. The smallest absolute Gasteiger partial charge is 0.118 e. The lowest BCUT2D eigenvalue weighted by atomic mass is 10.0. The molecule has 0 spiro atoms. The second-order valence-electron chi connectivity index (χ2n) is 5.19. The summed E-state index contributed by atoms with van der Waals surface area (Å²) in [6.45, 7) is 6.41. The fourth-order valence-corrected chi connectivity index (χ4v) is 2.15. The highest BCUT2D eigenvalue weighted by Gasteiger charge is 1.98. The van der Waals surface area contributed by atoms with E-state index >= 15 is 0 Å². The molecule has 0 unspecified atom stereocenters. The lowest BCUT2D eigenvalue weighted by Crippen LogP contribution is -1.85. The van der Waals surface area contributed by atoms with Gasteiger partial charge in [0.25, 0.3) is 0 Å². The van der Waals surface area contributed by atoms with Gasteiger partial charge in [0, 0.05) is 0 Å². The number of methoxy groups -OCH3 is 1. The van der Waals surface area contributed by atoms with Crippen molar-refractivity contribution >= 4 is 5.57 Å². The second-order valence-corrected chi connectivity index (χ2v) is 5.19. The van der Waals surface area contributed by atoms with E-state index in [2.05, 4.69) is 37.8 Å². The van der Waals surface area contributed by atoms with Crippen molar-refractivity contribution in [2.24, 2.45) is 0 Å². The van der Waals surface area contributed by atoms with Gasteiger partial charge in [0.05, 0.1) is 7.11 Å². The van der Waals surface area contributed by atoms with Crippen molar-refractivity contribution in [2.75, 3.05) is 7.11 Å². The van der Waals surface area contributed by atoms with Gasteiger partial charge in [-0.3, -0.25) is 0 Å².